The molecule has 130 valence electrons. The van der Waals surface area contributed by atoms with E-state index < -0.39 is 0 Å². The molecular weight excluding hydrogens is 328 g/mol. The van der Waals surface area contributed by atoms with Crippen LogP contribution in [0.1, 0.15) is 11.3 Å². The Kier molecular flexibility index (Phi) is 4.99. The lowest BCUT2D eigenvalue weighted by atomic mass is 10.2. The Labute approximate surface area is 151 Å². The van der Waals surface area contributed by atoms with E-state index in [2.05, 4.69) is 4.99 Å². The second kappa shape index (κ2) is 7.53. The van der Waals surface area contributed by atoms with Gasteiger partial charge in [0, 0.05) is 18.8 Å². The first kappa shape index (κ1) is 17.2. The van der Waals surface area contributed by atoms with Crippen LogP contribution in [-0.4, -0.2) is 22.2 Å². The van der Waals surface area contributed by atoms with E-state index in [1.54, 1.807) is 21.6 Å². The molecule has 6 nitrogen and oxygen atoms in total. The summed E-state index contributed by atoms with van der Waals surface area (Å²) in [5.41, 5.74) is 2.42. The second-order valence-corrected chi connectivity index (χ2v) is 5.65. The normalized spacial score (nSPS) is 10.8. The van der Waals surface area contributed by atoms with Gasteiger partial charge in [0.2, 0.25) is 0 Å². The van der Waals surface area contributed by atoms with Crippen molar-refractivity contribution in [2.45, 2.75) is 6.92 Å². The van der Waals surface area contributed by atoms with Crippen LogP contribution in [0.4, 0.5) is 5.69 Å². The summed E-state index contributed by atoms with van der Waals surface area (Å²) in [6.45, 7) is 1.81. The van der Waals surface area contributed by atoms with E-state index in [-0.39, 0.29) is 12.2 Å². The summed E-state index contributed by atoms with van der Waals surface area (Å²) in [6.07, 6.45) is 1.59. The third-order valence-electron chi connectivity index (χ3n) is 4.07. The van der Waals surface area contributed by atoms with Crippen LogP contribution in [0, 0.1) is 18.3 Å². The van der Waals surface area contributed by atoms with Crippen LogP contribution in [0.5, 0.6) is 5.75 Å². The average Bonchev–Trinajstić information content (AvgIpc) is 2.88. The molecule has 0 aliphatic heterocycles. The summed E-state index contributed by atoms with van der Waals surface area (Å²) < 4.78 is 8.76. The molecule has 0 aliphatic carbocycles. The van der Waals surface area contributed by atoms with Gasteiger partial charge in [-0.2, -0.15) is 5.26 Å². The zero-order chi connectivity index (χ0) is 18.5. The monoisotopic (exact) mass is 346 g/mol. The molecule has 0 bridgehead atoms. The number of aliphatic imine (C=N–C) groups is 1. The van der Waals surface area contributed by atoms with Crippen LogP contribution in [0.3, 0.4) is 0 Å². The van der Waals surface area contributed by atoms with Crippen molar-refractivity contribution in [1.29, 1.82) is 5.26 Å². The number of rotatable bonds is 5. The molecule has 1 aromatic heterocycles. The number of ether oxygens (including phenoxy) is 1. The van der Waals surface area contributed by atoms with Crippen LogP contribution in [0.2, 0.25) is 0 Å². The van der Waals surface area contributed by atoms with Crippen molar-refractivity contribution < 1.29 is 4.74 Å². The topological polar surface area (TPSA) is 72.3 Å². The number of hydrogen-bond donors (Lipinski definition) is 0. The summed E-state index contributed by atoms with van der Waals surface area (Å²) >= 11 is 0. The van der Waals surface area contributed by atoms with Gasteiger partial charge in [-0.05, 0) is 31.2 Å². The largest absolute Gasteiger partial charge is 0.478 e. The highest BCUT2D eigenvalue weighted by Gasteiger charge is 2.15. The smallest absolute Gasteiger partial charge is 0.297 e. The summed E-state index contributed by atoms with van der Waals surface area (Å²) in [4.78, 5) is 17.3. The molecule has 0 saturated carbocycles. The van der Waals surface area contributed by atoms with Gasteiger partial charge in [0.25, 0.3) is 5.56 Å². The molecule has 0 aliphatic rings. The zero-order valence-electron chi connectivity index (χ0n) is 14.6. The zero-order valence-corrected chi connectivity index (χ0v) is 14.6. The molecule has 3 aromatic rings. The van der Waals surface area contributed by atoms with E-state index in [1.807, 2.05) is 68.6 Å². The molecule has 2 aromatic carbocycles. The van der Waals surface area contributed by atoms with Gasteiger partial charge in [-0.15, -0.1) is 0 Å². The van der Waals surface area contributed by atoms with Crippen molar-refractivity contribution in [3.63, 3.8) is 0 Å². The summed E-state index contributed by atoms with van der Waals surface area (Å²) in [5, 5.41) is 8.69. The Morgan fingerprint density at radius 3 is 2.58 bits per heavy atom. The number of aromatic nitrogens is 2. The first-order chi connectivity index (χ1) is 12.6. The van der Waals surface area contributed by atoms with E-state index in [0.29, 0.717) is 17.0 Å². The van der Waals surface area contributed by atoms with Crippen LogP contribution < -0.4 is 10.3 Å². The second-order valence-electron chi connectivity index (χ2n) is 5.65. The third kappa shape index (κ3) is 3.28. The van der Waals surface area contributed by atoms with Crippen LogP contribution in [-0.2, 0) is 7.05 Å². The van der Waals surface area contributed by atoms with Crippen molar-refractivity contribution in [1.82, 2.24) is 9.36 Å². The Hall–Kier alpha value is -3.59. The van der Waals surface area contributed by atoms with E-state index in [0.717, 1.165) is 11.4 Å². The Balaban J connectivity index is 2.01. The predicted octanol–water partition coefficient (Wildman–Crippen LogP) is 3.14. The molecule has 0 radical (unpaired) electrons. The lowest BCUT2D eigenvalue weighted by molar-refractivity contribution is 0.367. The van der Waals surface area contributed by atoms with Crippen LogP contribution >= 0.6 is 0 Å². The maximum Gasteiger partial charge on any atom is 0.297 e. The highest BCUT2D eigenvalue weighted by atomic mass is 16.5. The molecular formula is C20H18N4O2. The first-order valence-electron chi connectivity index (χ1n) is 8.10. The summed E-state index contributed by atoms with van der Waals surface area (Å²) in [6, 6.07) is 18.6. The average molecular weight is 346 g/mol. The number of nitriles is 1. The molecule has 0 saturated heterocycles. The van der Waals surface area contributed by atoms with Gasteiger partial charge in [-0.3, -0.25) is 9.48 Å². The van der Waals surface area contributed by atoms with Gasteiger partial charge in [-0.1, -0.05) is 30.3 Å². The van der Waals surface area contributed by atoms with E-state index in [1.165, 1.54) is 0 Å². The predicted molar refractivity (Wildman–Crippen MR) is 101 cm³/mol. The molecule has 1 heterocycles. The highest BCUT2D eigenvalue weighted by Crippen LogP contribution is 2.19. The molecule has 0 unspecified atom stereocenters. The molecule has 26 heavy (non-hydrogen) atoms. The quantitative estimate of drug-likeness (QED) is 0.666. The molecule has 0 fully saturated rings. The number of nitrogens with zero attached hydrogens (tertiary/aromatic N) is 4. The lowest BCUT2D eigenvalue weighted by Crippen LogP contribution is -2.19. The van der Waals surface area contributed by atoms with Crippen molar-refractivity contribution in [2.75, 3.05) is 6.61 Å². The standard InChI is InChI=1S/C20H18N4O2/c1-15-19(20(25)24(23(15)2)17-9-4-3-5-10-17)22-14-16-8-6-7-11-18(16)26-13-12-21/h3-11,14H,13H2,1-2H3. The molecule has 0 spiro atoms. The maximum atomic E-state index is 12.8. The number of benzene rings is 2. The minimum Gasteiger partial charge on any atom is -0.478 e. The first-order valence-corrected chi connectivity index (χ1v) is 8.10. The molecule has 0 amide bonds. The van der Waals surface area contributed by atoms with Gasteiger partial charge < -0.3 is 4.74 Å². The molecule has 3 rings (SSSR count). The SMILES string of the molecule is Cc1c(N=Cc2ccccc2OCC#N)c(=O)n(-c2ccccc2)n1C. The molecule has 0 N–H and O–H groups in total. The van der Waals surface area contributed by atoms with E-state index in [9.17, 15) is 4.79 Å². The fourth-order valence-electron chi connectivity index (χ4n) is 2.67. The van der Waals surface area contributed by atoms with Crippen molar-refractivity contribution >= 4 is 11.9 Å². The Morgan fingerprint density at radius 1 is 1.15 bits per heavy atom. The Morgan fingerprint density at radius 2 is 1.85 bits per heavy atom. The molecule has 6 heteroatoms. The summed E-state index contributed by atoms with van der Waals surface area (Å²) in [5.74, 6) is 0.551. The van der Waals surface area contributed by atoms with Gasteiger partial charge in [-0.25, -0.2) is 9.67 Å². The van der Waals surface area contributed by atoms with Crippen molar-refractivity contribution in [2.24, 2.45) is 12.0 Å². The van der Waals surface area contributed by atoms with Gasteiger partial charge in [0.15, 0.2) is 12.3 Å². The van der Waals surface area contributed by atoms with E-state index >= 15 is 0 Å². The molecule has 0 atom stereocenters. The highest BCUT2D eigenvalue weighted by molar-refractivity contribution is 5.85. The fourth-order valence-corrected chi connectivity index (χ4v) is 2.67. The van der Waals surface area contributed by atoms with Gasteiger partial charge >= 0.3 is 0 Å². The van der Waals surface area contributed by atoms with Crippen LogP contribution in [0.25, 0.3) is 5.69 Å². The summed E-state index contributed by atoms with van der Waals surface area (Å²) in [7, 11) is 1.83. The Bertz CT molecular complexity index is 1040. The van der Waals surface area contributed by atoms with Crippen molar-refractivity contribution in [3.05, 3.63) is 76.2 Å². The maximum absolute atomic E-state index is 12.8. The van der Waals surface area contributed by atoms with Gasteiger partial charge in [0.1, 0.15) is 11.8 Å². The fraction of sp³-hybridized carbons (Fsp3) is 0.150. The minimum absolute atomic E-state index is 0.0456. The third-order valence-corrected chi connectivity index (χ3v) is 4.07. The minimum atomic E-state index is -0.192. The number of hydrogen-bond acceptors (Lipinski definition) is 4. The number of para-hydroxylation sites is 2. The van der Waals surface area contributed by atoms with Crippen molar-refractivity contribution in [3.8, 4) is 17.5 Å². The van der Waals surface area contributed by atoms with Crippen LogP contribution in [0.15, 0.2) is 64.4 Å². The lowest BCUT2D eigenvalue weighted by Gasteiger charge is -2.07. The van der Waals surface area contributed by atoms with E-state index in [4.69, 9.17) is 10.00 Å². The van der Waals surface area contributed by atoms with Gasteiger partial charge in [0.05, 0.1) is 11.4 Å².